The van der Waals surface area contributed by atoms with Gasteiger partial charge in [-0.1, -0.05) is 42.5 Å². The van der Waals surface area contributed by atoms with E-state index in [0.29, 0.717) is 30.1 Å². The second-order valence-corrected chi connectivity index (χ2v) is 16.4. The number of anilines is 2. The van der Waals surface area contributed by atoms with Crippen LogP contribution in [0.2, 0.25) is 0 Å². The van der Waals surface area contributed by atoms with Gasteiger partial charge < -0.3 is 47.7 Å². The van der Waals surface area contributed by atoms with Crippen molar-refractivity contribution in [2.75, 3.05) is 10.6 Å². The normalized spacial score (nSPS) is 22.0. The molecular weight excluding hydrogens is 749 g/mol. The van der Waals surface area contributed by atoms with Gasteiger partial charge in [-0.15, -0.1) is 0 Å². The van der Waals surface area contributed by atoms with Gasteiger partial charge in [-0.3, -0.25) is 0 Å². The highest BCUT2D eigenvalue weighted by Crippen LogP contribution is 2.22. The Hall–Kier alpha value is -3.82. The number of carbonyl (C=O) groups is 2. The molecule has 344 valence electrons. The molecule has 0 atom stereocenters. The molecule has 15 nitrogen and oxygen atoms in total. The Kier molecular flexibility index (Phi) is 31.4. The third-order valence-electron chi connectivity index (χ3n) is 8.97. The molecule has 5 rings (SSSR count). The van der Waals surface area contributed by atoms with Crippen LogP contribution < -0.4 is 32.7 Å². The lowest BCUT2D eigenvalue weighted by Gasteiger charge is -2.30. The number of aromatic nitrogens is 4. The van der Waals surface area contributed by atoms with E-state index in [1.165, 1.54) is 0 Å². The highest BCUT2D eigenvalue weighted by atomic mass is 16.6. The highest BCUT2D eigenvalue weighted by molar-refractivity contribution is 5.68. The van der Waals surface area contributed by atoms with Crippen LogP contribution in [0.1, 0.15) is 173 Å². The van der Waals surface area contributed by atoms with Crippen molar-refractivity contribution in [3.63, 3.8) is 0 Å². The second-order valence-electron chi connectivity index (χ2n) is 16.4. The molecule has 2 amide bonds. The summed E-state index contributed by atoms with van der Waals surface area (Å²) in [5, 5.41) is 12.6. The summed E-state index contributed by atoms with van der Waals surface area (Å²) in [4.78, 5) is 40.3. The third kappa shape index (κ3) is 28.3. The summed E-state index contributed by atoms with van der Waals surface area (Å²) in [6.07, 6.45) is 15.1. The van der Waals surface area contributed by atoms with E-state index in [1.807, 2.05) is 95.2 Å². The van der Waals surface area contributed by atoms with Gasteiger partial charge in [-0.05, 0) is 145 Å². The molecule has 0 aliphatic heterocycles. The average Bonchev–Trinajstić information content (AvgIpc) is 3.12. The van der Waals surface area contributed by atoms with Crippen molar-refractivity contribution < 1.29 is 24.5 Å². The predicted octanol–water partition coefficient (Wildman–Crippen LogP) is 8.78. The summed E-state index contributed by atoms with van der Waals surface area (Å²) in [7, 11) is 0. The first-order valence-electron chi connectivity index (χ1n) is 21.0. The molecule has 2 aromatic rings. The zero-order valence-corrected chi connectivity index (χ0v) is 37.3. The summed E-state index contributed by atoms with van der Waals surface area (Å²) in [5.74, 6) is 1.43. The zero-order valence-electron chi connectivity index (χ0n) is 37.3. The van der Waals surface area contributed by atoms with E-state index in [1.54, 1.807) is 12.4 Å². The molecule has 3 aliphatic carbocycles. The van der Waals surface area contributed by atoms with Crippen LogP contribution in [-0.4, -0.2) is 85.1 Å². The van der Waals surface area contributed by atoms with Crippen LogP contribution in [-0.2, 0) is 9.47 Å². The Balaban J connectivity index is -0.000000762. The lowest BCUT2D eigenvalue weighted by Crippen LogP contribution is -2.42. The Morgan fingerprint density at radius 1 is 0.559 bits per heavy atom. The molecule has 59 heavy (non-hydrogen) atoms. The number of hydrogen-bond donors (Lipinski definition) is 6. The average molecular weight is 837 g/mol. The standard InChI is InChI=1S/C16H26N4O2.C11H18N4.C11H22N2O2.2C2H6.2CH4.H2O/c1-11-9-10-17-14(18-11)19-12-5-7-13(8-6-12)20-15(21)22-16(2,3)4;1-8-6-7-13-11(14-8)15-10-4-2-9(12)3-5-10;1-11(2,3)15-10(14)13-9-6-4-8(12)5-7-9;2*1-2;;;/h9-10,12-13H,5-8H2,1-4H3,(H,20,21)(H,17,18,19);6-7,9-10H,2-5,12H2,1H3,(H,13,14,15);8-9H,4-7,12H2,1-3H3,(H,13,14);2*1-2H3;2*1H4;1H2. The minimum atomic E-state index is -0.453. The van der Waals surface area contributed by atoms with E-state index in [9.17, 15) is 9.59 Å². The largest absolute Gasteiger partial charge is 0.444 e. The van der Waals surface area contributed by atoms with Crippen LogP contribution in [0.25, 0.3) is 0 Å². The number of ether oxygens (including phenoxy) is 2. The van der Waals surface area contributed by atoms with Crippen LogP contribution in [0.3, 0.4) is 0 Å². The lowest BCUT2D eigenvalue weighted by atomic mass is 9.91. The smallest absolute Gasteiger partial charge is 0.407 e. The number of alkyl carbamates (subject to hydrolysis) is 2. The third-order valence-corrected chi connectivity index (χ3v) is 8.97. The summed E-state index contributed by atoms with van der Waals surface area (Å²) < 4.78 is 10.5. The molecular formula is C44H88N10O5. The fraction of sp³-hybridized carbons (Fsp3) is 0.773. The summed E-state index contributed by atoms with van der Waals surface area (Å²) >= 11 is 0. The molecule has 0 spiro atoms. The first kappa shape index (κ1) is 59.5. The van der Waals surface area contributed by atoms with Gasteiger partial charge in [0.05, 0.1) is 0 Å². The molecule has 0 radical (unpaired) electrons. The van der Waals surface area contributed by atoms with Crippen LogP contribution in [0.15, 0.2) is 24.5 Å². The van der Waals surface area contributed by atoms with Crippen molar-refractivity contribution in [2.24, 2.45) is 11.5 Å². The van der Waals surface area contributed by atoms with Gasteiger partial charge >= 0.3 is 12.2 Å². The first-order chi connectivity index (χ1) is 26.4. The van der Waals surface area contributed by atoms with Crippen molar-refractivity contribution >= 4 is 24.1 Å². The molecule has 3 saturated carbocycles. The van der Waals surface area contributed by atoms with E-state index in [-0.39, 0.29) is 44.6 Å². The van der Waals surface area contributed by atoms with Gasteiger partial charge in [-0.2, -0.15) is 0 Å². The van der Waals surface area contributed by atoms with E-state index < -0.39 is 11.2 Å². The number of nitrogens with zero attached hydrogens (tertiary/aromatic N) is 4. The summed E-state index contributed by atoms with van der Waals surface area (Å²) in [6, 6.07) is 5.76. The molecule has 3 aliphatic rings. The number of rotatable bonds is 6. The van der Waals surface area contributed by atoms with Crippen LogP contribution in [0.5, 0.6) is 0 Å². The number of nitrogens with one attached hydrogen (secondary N) is 4. The Morgan fingerprint density at radius 2 is 0.831 bits per heavy atom. The van der Waals surface area contributed by atoms with Gasteiger partial charge in [-0.25, -0.2) is 29.5 Å². The summed E-state index contributed by atoms with van der Waals surface area (Å²) in [6.45, 7) is 23.1. The van der Waals surface area contributed by atoms with Crippen LogP contribution >= 0.6 is 0 Å². The predicted molar refractivity (Wildman–Crippen MR) is 246 cm³/mol. The zero-order chi connectivity index (χ0) is 42.3. The minimum absolute atomic E-state index is 0. The fourth-order valence-corrected chi connectivity index (χ4v) is 6.26. The molecule has 0 saturated heterocycles. The van der Waals surface area contributed by atoms with E-state index in [0.717, 1.165) is 94.4 Å². The number of aryl methyl sites for hydroxylation is 2. The monoisotopic (exact) mass is 837 g/mol. The van der Waals surface area contributed by atoms with Gasteiger partial charge in [0.15, 0.2) is 0 Å². The van der Waals surface area contributed by atoms with Gasteiger partial charge in [0, 0.05) is 60.0 Å². The Labute approximate surface area is 358 Å². The van der Waals surface area contributed by atoms with Gasteiger partial charge in [0.1, 0.15) is 11.2 Å². The topological polar surface area (TPSA) is 236 Å². The molecule has 2 heterocycles. The van der Waals surface area contributed by atoms with Crippen molar-refractivity contribution in [2.45, 2.75) is 222 Å². The second kappa shape index (κ2) is 31.1. The number of amides is 2. The number of carbonyl (C=O) groups excluding carboxylic acids is 2. The lowest BCUT2D eigenvalue weighted by molar-refractivity contribution is 0.0480. The van der Waals surface area contributed by atoms with Crippen molar-refractivity contribution in [1.29, 1.82) is 0 Å². The summed E-state index contributed by atoms with van der Waals surface area (Å²) in [5.41, 5.74) is 12.7. The van der Waals surface area contributed by atoms with Gasteiger partial charge in [0.25, 0.3) is 0 Å². The molecule has 2 aromatic heterocycles. The van der Waals surface area contributed by atoms with Crippen LogP contribution in [0.4, 0.5) is 21.5 Å². The maximum absolute atomic E-state index is 11.8. The van der Waals surface area contributed by atoms with Gasteiger partial charge in [0.2, 0.25) is 11.9 Å². The molecule has 0 unspecified atom stereocenters. The number of hydrogen-bond acceptors (Lipinski definition) is 12. The molecule has 10 N–H and O–H groups in total. The van der Waals surface area contributed by atoms with Crippen molar-refractivity contribution in [3.8, 4) is 0 Å². The number of nitrogens with two attached hydrogens (primary N) is 2. The quantitative estimate of drug-likeness (QED) is 0.160. The maximum Gasteiger partial charge on any atom is 0.407 e. The van der Waals surface area contributed by atoms with Crippen LogP contribution in [0, 0.1) is 13.8 Å². The SMILES string of the molecule is C.C.CC.CC.CC(C)(C)OC(=O)NC1CCC(N)CC1.Cc1ccnc(NC2CCC(N)CC2)n1.Cc1ccnc(NC2CCC(NC(=O)OC(C)(C)C)CC2)n1.O. The van der Waals surface area contributed by atoms with E-state index >= 15 is 0 Å². The van der Waals surface area contributed by atoms with Crippen molar-refractivity contribution in [1.82, 2.24) is 30.6 Å². The minimum Gasteiger partial charge on any atom is -0.444 e. The fourth-order valence-electron chi connectivity index (χ4n) is 6.26. The molecule has 3 fully saturated rings. The Morgan fingerprint density at radius 3 is 1.12 bits per heavy atom. The van der Waals surface area contributed by atoms with Crippen molar-refractivity contribution in [3.05, 3.63) is 35.9 Å². The van der Waals surface area contributed by atoms with E-state index in [2.05, 4.69) is 41.2 Å². The Bertz CT molecular complexity index is 1360. The highest BCUT2D eigenvalue weighted by Gasteiger charge is 2.26. The molecule has 15 heteroatoms. The van der Waals surface area contributed by atoms with E-state index in [4.69, 9.17) is 20.9 Å². The maximum atomic E-state index is 11.8. The molecule has 0 aromatic carbocycles. The molecule has 0 bridgehead atoms. The first-order valence-corrected chi connectivity index (χ1v) is 21.0.